The van der Waals surface area contributed by atoms with Crippen LogP contribution in [-0.2, 0) is 4.74 Å². The van der Waals surface area contributed by atoms with E-state index in [0.717, 1.165) is 25.4 Å². The lowest BCUT2D eigenvalue weighted by atomic mass is 9.98. The van der Waals surface area contributed by atoms with Crippen LogP contribution in [0.1, 0.15) is 33.6 Å². The van der Waals surface area contributed by atoms with Crippen LogP contribution in [0.2, 0.25) is 0 Å². The largest absolute Gasteiger partial charge is 0.444 e. The second-order valence-corrected chi connectivity index (χ2v) is 5.91. The zero-order chi connectivity index (χ0) is 11.8. The predicted molar refractivity (Wildman–Crippen MR) is 62.2 cm³/mol. The van der Waals surface area contributed by atoms with Crippen molar-refractivity contribution >= 4 is 6.09 Å². The smallest absolute Gasteiger partial charge is 0.407 e. The van der Waals surface area contributed by atoms with Gasteiger partial charge < -0.3 is 15.4 Å². The van der Waals surface area contributed by atoms with E-state index in [4.69, 9.17) is 4.74 Å². The van der Waals surface area contributed by atoms with Gasteiger partial charge in [-0.15, -0.1) is 0 Å². The molecule has 4 nitrogen and oxygen atoms in total. The number of carbonyl (C=O) groups excluding carboxylic acids is 1. The summed E-state index contributed by atoms with van der Waals surface area (Å²) in [6.45, 7) is 7.81. The highest BCUT2D eigenvalue weighted by molar-refractivity contribution is 5.68. The van der Waals surface area contributed by atoms with Crippen LogP contribution in [0.5, 0.6) is 0 Å². The number of rotatable bonds is 1. The Bertz CT molecular complexity index is 273. The molecule has 2 aliphatic rings. The van der Waals surface area contributed by atoms with E-state index in [1.807, 2.05) is 20.8 Å². The number of carbonyl (C=O) groups is 1. The van der Waals surface area contributed by atoms with Gasteiger partial charge in [-0.1, -0.05) is 0 Å². The molecule has 3 atom stereocenters. The molecule has 0 aromatic carbocycles. The summed E-state index contributed by atoms with van der Waals surface area (Å²) in [7, 11) is 0. The van der Waals surface area contributed by atoms with Gasteiger partial charge in [-0.3, -0.25) is 0 Å². The maximum Gasteiger partial charge on any atom is 0.407 e. The summed E-state index contributed by atoms with van der Waals surface area (Å²) >= 11 is 0. The molecule has 0 radical (unpaired) electrons. The zero-order valence-electron chi connectivity index (χ0n) is 10.4. The van der Waals surface area contributed by atoms with Crippen molar-refractivity contribution in [1.82, 2.24) is 10.6 Å². The fourth-order valence-corrected chi connectivity index (χ4v) is 2.79. The first-order chi connectivity index (χ1) is 7.46. The third-order valence-corrected chi connectivity index (χ3v) is 3.46. The molecule has 0 bridgehead atoms. The van der Waals surface area contributed by atoms with E-state index in [2.05, 4.69) is 10.6 Å². The average molecular weight is 226 g/mol. The first-order valence-corrected chi connectivity index (χ1v) is 6.16. The molecule has 0 aromatic rings. The fourth-order valence-electron chi connectivity index (χ4n) is 2.79. The van der Waals surface area contributed by atoms with Gasteiger partial charge in [0, 0.05) is 12.6 Å². The second kappa shape index (κ2) is 4.24. The third kappa shape index (κ3) is 2.67. The van der Waals surface area contributed by atoms with Crippen molar-refractivity contribution in [2.75, 3.05) is 13.1 Å². The average Bonchev–Trinajstić information content (AvgIpc) is 2.66. The molecule has 16 heavy (non-hydrogen) atoms. The minimum Gasteiger partial charge on any atom is -0.444 e. The number of ether oxygens (including phenoxy) is 1. The van der Waals surface area contributed by atoms with Gasteiger partial charge >= 0.3 is 6.09 Å². The maximum absolute atomic E-state index is 11.6. The van der Waals surface area contributed by atoms with Crippen molar-refractivity contribution in [1.29, 1.82) is 0 Å². The van der Waals surface area contributed by atoms with E-state index >= 15 is 0 Å². The molecule has 0 aromatic heterocycles. The Hall–Kier alpha value is -0.770. The molecule has 0 unspecified atom stereocenters. The Kier molecular flexibility index (Phi) is 3.10. The fraction of sp³-hybridized carbons (Fsp3) is 0.917. The minimum atomic E-state index is -0.407. The first-order valence-electron chi connectivity index (χ1n) is 6.16. The third-order valence-electron chi connectivity index (χ3n) is 3.46. The monoisotopic (exact) mass is 226 g/mol. The number of fused-ring (bicyclic) bond motifs is 1. The number of alkyl carbamates (subject to hydrolysis) is 1. The van der Waals surface area contributed by atoms with Gasteiger partial charge in [0.2, 0.25) is 0 Å². The first kappa shape index (κ1) is 11.7. The highest BCUT2D eigenvalue weighted by Crippen LogP contribution is 2.34. The zero-order valence-corrected chi connectivity index (χ0v) is 10.4. The molecule has 92 valence electrons. The van der Waals surface area contributed by atoms with E-state index in [1.165, 1.54) is 6.42 Å². The number of hydrogen-bond donors (Lipinski definition) is 2. The summed E-state index contributed by atoms with van der Waals surface area (Å²) in [6, 6.07) is 0.301. The van der Waals surface area contributed by atoms with E-state index in [0.29, 0.717) is 12.0 Å². The summed E-state index contributed by atoms with van der Waals surface area (Å²) in [6.07, 6.45) is 2.04. The van der Waals surface area contributed by atoms with Gasteiger partial charge in [-0.25, -0.2) is 4.79 Å². The molecule has 4 heteroatoms. The van der Waals surface area contributed by atoms with E-state index in [-0.39, 0.29) is 6.09 Å². The van der Waals surface area contributed by atoms with Crippen molar-refractivity contribution in [3.05, 3.63) is 0 Å². The molecule has 1 heterocycles. The maximum atomic E-state index is 11.6. The Balaban J connectivity index is 1.83. The molecule has 2 rings (SSSR count). The van der Waals surface area contributed by atoms with Crippen molar-refractivity contribution in [3.63, 3.8) is 0 Å². The van der Waals surface area contributed by atoms with Crippen LogP contribution in [-0.4, -0.2) is 30.8 Å². The van der Waals surface area contributed by atoms with Crippen molar-refractivity contribution in [3.8, 4) is 0 Å². The Labute approximate surface area is 97.1 Å². The molecule has 1 aliphatic heterocycles. The molecule has 1 amide bonds. The van der Waals surface area contributed by atoms with Gasteiger partial charge in [0.25, 0.3) is 0 Å². The van der Waals surface area contributed by atoms with Crippen LogP contribution in [0.15, 0.2) is 0 Å². The van der Waals surface area contributed by atoms with E-state index in [1.54, 1.807) is 0 Å². The highest BCUT2D eigenvalue weighted by Gasteiger charge is 2.40. The van der Waals surface area contributed by atoms with Crippen LogP contribution in [0.25, 0.3) is 0 Å². The molecular formula is C12H22N2O2. The molecule has 0 spiro atoms. The molecule has 2 fully saturated rings. The van der Waals surface area contributed by atoms with Crippen molar-refractivity contribution in [2.24, 2.45) is 11.8 Å². The van der Waals surface area contributed by atoms with Gasteiger partial charge in [0.05, 0.1) is 0 Å². The van der Waals surface area contributed by atoms with E-state index < -0.39 is 5.60 Å². The van der Waals surface area contributed by atoms with E-state index in [9.17, 15) is 4.79 Å². The van der Waals surface area contributed by atoms with Crippen LogP contribution >= 0.6 is 0 Å². The highest BCUT2D eigenvalue weighted by atomic mass is 16.6. The summed E-state index contributed by atoms with van der Waals surface area (Å²) in [5.74, 6) is 1.35. The van der Waals surface area contributed by atoms with Crippen molar-refractivity contribution in [2.45, 2.75) is 45.3 Å². The van der Waals surface area contributed by atoms with Gasteiger partial charge in [0.1, 0.15) is 5.60 Å². The normalized spacial score (nSPS) is 33.6. The standard InChI is InChI=1S/C12H22N2O2/c1-12(2,3)16-11(15)14-10-5-4-8-6-13-7-9(8)10/h8-10,13H,4-7H2,1-3H3,(H,14,15)/t8-,9-,10+/m1/s1. The Morgan fingerprint density at radius 1 is 1.31 bits per heavy atom. The topological polar surface area (TPSA) is 50.4 Å². The number of amides is 1. The van der Waals surface area contributed by atoms with Crippen molar-refractivity contribution < 1.29 is 9.53 Å². The molecule has 1 aliphatic carbocycles. The second-order valence-electron chi connectivity index (χ2n) is 5.91. The van der Waals surface area contributed by atoms with Crippen LogP contribution in [0.4, 0.5) is 4.79 Å². The minimum absolute atomic E-state index is 0.273. The summed E-state index contributed by atoms with van der Waals surface area (Å²) in [4.78, 5) is 11.6. The molecule has 1 saturated carbocycles. The summed E-state index contributed by atoms with van der Waals surface area (Å²) in [5.41, 5.74) is -0.407. The molecule has 1 saturated heterocycles. The quantitative estimate of drug-likeness (QED) is 0.712. The lowest BCUT2D eigenvalue weighted by Gasteiger charge is -2.24. The predicted octanol–water partition coefficient (Wildman–Crippen LogP) is 1.51. The Morgan fingerprint density at radius 3 is 2.75 bits per heavy atom. The summed E-state index contributed by atoms with van der Waals surface area (Å²) < 4.78 is 5.28. The SMILES string of the molecule is CC(C)(C)OC(=O)N[C@H]1CC[C@@H]2CNC[C@H]21. The van der Waals surface area contributed by atoms with Gasteiger partial charge in [-0.2, -0.15) is 0 Å². The number of hydrogen-bond acceptors (Lipinski definition) is 3. The molecule has 2 N–H and O–H groups in total. The Morgan fingerprint density at radius 2 is 2.06 bits per heavy atom. The van der Waals surface area contributed by atoms with Crippen LogP contribution < -0.4 is 10.6 Å². The van der Waals surface area contributed by atoms with Gasteiger partial charge in [0.15, 0.2) is 0 Å². The summed E-state index contributed by atoms with van der Waals surface area (Å²) in [5, 5.41) is 6.39. The number of nitrogens with one attached hydrogen (secondary N) is 2. The lowest BCUT2D eigenvalue weighted by molar-refractivity contribution is 0.0493. The van der Waals surface area contributed by atoms with Crippen LogP contribution in [0.3, 0.4) is 0 Å². The molecular weight excluding hydrogens is 204 g/mol. The van der Waals surface area contributed by atoms with Gasteiger partial charge in [-0.05, 0) is 52.0 Å². The lowest BCUT2D eigenvalue weighted by Crippen LogP contribution is -2.42. The van der Waals surface area contributed by atoms with Crippen LogP contribution in [0, 0.1) is 11.8 Å².